The summed E-state index contributed by atoms with van der Waals surface area (Å²) in [5.41, 5.74) is 1.69. The number of sulfonamides is 1. The lowest BCUT2D eigenvalue weighted by Crippen LogP contribution is -2.56. The minimum absolute atomic E-state index is 0.0781. The van der Waals surface area contributed by atoms with Gasteiger partial charge in [0.25, 0.3) is 5.91 Å². The zero-order chi connectivity index (χ0) is 25.0. The van der Waals surface area contributed by atoms with Gasteiger partial charge in [-0.2, -0.15) is 4.31 Å². The Morgan fingerprint density at radius 3 is 2.14 bits per heavy atom. The van der Waals surface area contributed by atoms with Crippen LogP contribution in [0.2, 0.25) is 0 Å². The molecule has 0 saturated carbocycles. The zero-order valence-corrected chi connectivity index (χ0v) is 20.5. The van der Waals surface area contributed by atoms with Crippen LogP contribution in [0.1, 0.15) is 27.4 Å². The van der Waals surface area contributed by atoms with Crippen LogP contribution in [-0.4, -0.2) is 66.8 Å². The largest absolute Gasteiger partial charge is 0.360 e. The lowest BCUT2D eigenvalue weighted by molar-refractivity contribution is -0.134. The van der Waals surface area contributed by atoms with Gasteiger partial charge in [-0.3, -0.25) is 9.59 Å². The number of carbonyl (C=O) groups is 2. The quantitative estimate of drug-likeness (QED) is 0.536. The van der Waals surface area contributed by atoms with Gasteiger partial charge in [0.05, 0.1) is 0 Å². The number of hydrogen-bond acceptors (Lipinski definition) is 6. The Morgan fingerprint density at radius 2 is 1.57 bits per heavy atom. The molecule has 10 heteroatoms. The van der Waals surface area contributed by atoms with Gasteiger partial charge in [-0.15, -0.1) is 0 Å². The number of carbonyl (C=O) groups excluding carboxylic acids is 2. The summed E-state index contributed by atoms with van der Waals surface area (Å²) < 4.78 is 32.6. The predicted molar refractivity (Wildman–Crippen MR) is 129 cm³/mol. The van der Waals surface area contributed by atoms with Crippen molar-refractivity contribution < 1.29 is 22.5 Å². The van der Waals surface area contributed by atoms with E-state index in [1.807, 2.05) is 36.4 Å². The molecule has 0 aliphatic carbocycles. The first-order valence-electron chi connectivity index (χ1n) is 11.4. The van der Waals surface area contributed by atoms with E-state index in [1.54, 1.807) is 43.0 Å². The molecule has 2 aromatic carbocycles. The number of rotatable bonds is 7. The molecule has 1 N–H and O–H groups in total. The smallest absolute Gasteiger partial charge is 0.251 e. The molecular formula is C25H28N4O5S. The van der Waals surface area contributed by atoms with E-state index in [4.69, 9.17) is 4.52 Å². The Balaban J connectivity index is 1.48. The van der Waals surface area contributed by atoms with Gasteiger partial charge in [0.2, 0.25) is 15.9 Å². The van der Waals surface area contributed by atoms with Crippen LogP contribution in [0.25, 0.3) is 0 Å². The summed E-state index contributed by atoms with van der Waals surface area (Å²) in [6.45, 7) is 3.87. The van der Waals surface area contributed by atoms with Gasteiger partial charge in [0.15, 0.2) is 5.76 Å². The van der Waals surface area contributed by atoms with Crippen LogP contribution in [0.5, 0.6) is 0 Å². The van der Waals surface area contributed by atoms with Crippen molar-refractivity contribution in [3.63, 3.8) is 0 Å². The summed E-state index contributed by atoms with van der Waals surface area (Å²) in [5, 5.41) is 6.63. The first-order chi connectivity index (χ1) is 16.8. The maximum atomic E-state index is 13.5. The van der Waals surface area contributed by atoms with Crippen LogP contribution in [0, 0.1) is 13.8 Å². The molecule has 3 aromatic rings. The number of amides is 2. The molecule has 1 fully saturated rings. The Labute approximate surface area is 204 Å². The van der Waals surface area contributed by atoms with E-state index in [0.29, 0.717) is 17.7 Å². The molecule has 1 atom stereocenters. The van der Waals surface area contributed by atoms with Crippen molar-refractivity contribution in [3.05, 3.63) is 83.2 Å². The predicted octanol–water partition coefficient (Wildman–Crippen LogP) is 2.17. The lowest BCUT2D eigenvalue weighted by Gasteiger charge is -2.36. The highest BCUT2D eigenvalue weighted by atomic mass is 32.2. The summed E-state index contributed by atoms with van der Waals surface area (Å²) >= 11 is 0. The van der Waals surface area contributed by atoms with E-state index in [0.717, 1.165) is 5.56 Å². The molecule has 9 nitrogen and oxygen atoms in total. The van der Waals surface area contributed by atoms with Crippen molar-refractivity contribution in [3.8, 4) is 0 Å². The van der Waals surface area contributed by atoms with E-state index < -0.39 is 16.1 Å². The third-order valence-corrected chi connectivity index (χ3v) is 8.18. The molecule has 1 unspecified atom stereocenters. The molecular weight excluding hydrogens is 468 g/mol. The van der Waals surface area contributed by atoms with Crippen LogP contribution in [0.4, 0.5) is 0 Å². The molecule has 1 aliphatic rings. The van der Waals surface area contributed by atoms with Crippen molar-refractivity contribution in [2.45, 2.75) is 31.2 Å². The monoisotopic (exact) mass is 496 g/mol. The van der Waals surface area contributed by atoms with Crippen molar-refractivity contribution in [2.75, 3.05) is 26.2 Å². The molecule has 1 aromatic heterocycles. The molecule has 1 aliphatic heterocycles. The van der Waals surface area contributed by atoms with Crippen LogP contribution in [0.3, 0.4) is 0 Å². The zero-order valence-electron chi connectivity index (χ0n) is 19.7. The summed E-state index contributed by atoms with van der Waals surface area (Å²) in [5.74, 6) is -0.334. The van der Waals surface area contributed by atoms with Crippen LogP contribution in [0.15, 0.2) is 70.1 Å². The third kappa shape index (κ3) is 5.44. The van der Waals surface area contributed by atoms with E-state index in [2.05, 4.69) is 10.5 Å². The fraction of sp³-hybridized carbons (Fsp3) is 0.320. The van der Waals surface area contributed by atoms with Crippen LogP contribution >= 0.6 is 0 Å². The number of nitrogens with one attached hydrogen (secondary N) is 1. The third-order valence-electron chi connectivity index (χ3n) is 6.04. The van der Waals surface area contributed by atoms with Gasteiger partial charge in [0, 0.05) is 38.2 Å². The fourth-order valence-electron chi connectivity index (χ4n) is 4.22. The molecule has 2 amide bonds. The Kier molecular flexibility index (Phi) is 7.32. The first-order valence-corrected chi connectivity index (χ1v) is 12.8. The average molecular weight is 497 g/mol. The normalized spacial score (nSPS) is 15.5. The topological polar surface area (TPSA) is 113 Å². The molecule has 35 heavy (non-hydrogen) atoms. The summed E-state index contributed by atoms with van der Waals surface area (Å²) in [6, 6.07) is 17.4. The number of nitrogens with zero attached hydrogens (tertiary/aromatic N) is 3. The Hall–Kier alpha value is -3.50. The van der Waals surface area contributed by atoms with Crippen LogP contribution in [-0.2, 0) is 21.2 Å². The highest BCUT2D eigenvalue weighted by molar-refractivity contribution is 7.89. The number of benzene rings is 2. The van der Waals surface area contributed by atoms with Crippen molar-refractivity contribution in [2.24, 2.45) is 0 Å². The van der Waals surface area contributed by atoms with Gasteiger partial charge in [-0.05, 0) is 31.5 Å². The molecule has 4 rings (SSSR count). The molecule has 0 bridgehead atoms. The van der Waals surface area contributed by atoms with Crippen molar-refractivity contribution in [1.29, 1.82) is 0 Å². The van der Waals surface area contributed by atoms with Gasteiger partial charge in [-0.25, -0.2) is 8.42 Å². The van der Waals surface area contributed by atoms with E-state index >= 15 is 0 Å². The second-order valence-electron chi connectivity index (χ2n) is 8.46. The fourth-order valence-corrected chi connectivity index (χ4v) is 5.94. The average Bonchev–Trinajstić information content (AvgIpc) is 3.22. The molecule has 2 heterocycles. The van der Waals surface area contributed by atoms with Crippen molar-refractivity contribution in [1.82, 2.24) is 19.7 Å². The molecule has 0 spiro atoms. The van der Waals surface area contributed by atoms with E-state index in [1.165, 1.54) is 4.31 Å². The Morgan fingerprint density at radius 1 is 0.971 bits per heavy atom. The van der Waals surface area contributed by atoms with Gasteiger partial charge in [-0.1, -0.05) is 53.7 Å². The minimum Gasteiger partial charge on any atom is -0.360 e. The highest BCUT2D eigenvalue weighted by Gasteiger charge is 2.36. The molecule has 1 saturated heterocycles. The number of piperazine rings is 1. The summed E-state index contributed by atoms with van der Waals surface area (Å²) in [7, 11) is -3.78. The standard InChI is InChI=1S/C25H28N4O5S/c1-18-23(19(2)34-27-18)35(32,33)29-15-13-28(14-16-29)25(31)22(17-20-9-5-3-6-10-20)26-24(30)21-11-7-4-8-12-21/h3-12,22H,13-17H2,1-2H3,(H,26,30). The van der Waals surface area contributed by atoms with Gasteiger partial charge < -0.3 is 14.7 Å². The second kappa shape index (κ2) is 10.4. The SMILES string of the molecule is Cc1noc(C)c1S(=O)(=O)N1CCN(C(=O)C(Cc2ccccc2)NC(=O)c2ccccc2)CC1. The van der Waals surface area contributed by atoms with Gasteiger partial charge in [0.1, 0.15) is 16.6 Å². The summed E-state index contributed by atoms with van der Waals surface area (Å²) in [6.07, 6.45) is 0.329. The van der Waals surface area contributed by atoms with Gasteiger partial charge >= 0.3 is 0 Å². The summed E-state index contributed by atoms with van der Waals surface area (Å²) in [4.78, 5) is 28.0. The highest BCUT2D eigenvalue weighted by Crippen LogP contribution is 2.24. The number of aryl methyl sites for hydroxylation is 2. The van der Waals surface area contributed by atoms with Crippen LogP contribution < -0.4 is 5.32 Å². The Bertz CT molecular complexity index is 1260. The van der Waals surface area contributed by atoms with Crippen molar-refractivity contribution >= 4 is 21.8 Å². The lowest BCUT2D eigenvalue weighted by atomic mass is 10.0. The minimum atomic E-state index is -3.78. The number of hydrogen-bond donors (Lipinski definition) is 1. The maximum Gasteiger partial charge on any atom is 0.251 e. The van der Waals surface area contributed by atoms with E-state index in [-0.39, 0.29) is 48.6 Å². The molecule has 184 valence electrons. The second-order valence-corrected chi connectivity index (χ2v) is 10.3. The maximum absolute atomic E-state index is 13.5. The first kappa shape index (κ1) is 24.6. The van der Waals surface area contributed by atoms with E-state index in [9.17, 15) is 18.0 Å². The number of aromatic nitrogens is 1. The molecule has 0 radical (unpaired) electrons.